The maximum atomic E-state index is 12.3. The molecule has 2 rings (SSSR count). The van der Waals surface area contributed by atoms with Crippen molar-refractivity contribution in [3.8, 4) is 0 Å². The third-order valence-electron chi connectivity index (χ3n) is 4.83. The Hall–Kier alpha value is -0.720. The minimum Gasteiger partial charge on any atom is -0.358 e. The molecule has 12 heteroatoms. The van der Waals surface area contributed by atoms with Crippen molar-refractivity contribution in [2.75, 3.05) is 6.54 Å². The van der Waals surface area contributed by atoms with E-state index in [0.717, 1.165) is 6.92 Å². The summed E-state index contributed by atoms with van der Waals surface area (Å²) in [6.45, 7) is 2.79. The number of aliphatic hydroxyl groups is 6. The summed E-state index contributed by atoms with van der Waals surface area (Å²) in [6.07, 6.45) is 0. The van der Waals surface area contributed by atoms with Gasteiger partial charge in [0.2, 0.25) is 0 Å². The molecule has 0 aromatic rings. The molecule has 2 heterocycles. The molecule has 0 bridgehead atoms. The molecule has 24 heavy (non-hydrogen) atoms. The quantitative estimate of drug-likeness (QED) is 0.207. The number of hydrogen-bond donors (Lipinski definition) is 6. The van der Waals surface area contributed by atoms with Gasteiger partial charge >= 0.3 is 5.79 Å². The van der Waals surface area contributed by atoms with Gasteiger partial charge in [0.1, 0.15) is 0 Å². The summed E-state index contributed by atoms with van der Waals surface area (Å²) in [6, 6.07) is 0. The van der Waals surface area contributed by atoms with Gasteiger partial charge in [-0.2, -0.15) is 0 Å². The molecule has 1 unspecified atom stereocenters. The maximum Gasteiger partial charge on any atom is 0.305 e. The van der Waals surface area contributed by atoms with Crippen molar-refractivity contribution in [3.05, 3.63) is 0 Å². The standard InChI is InChI=1S/C12H18Cl2N2O8/c1-8(2)4-15(6(17)5(13)14)9(3)11(21,22)10(19,20)7(18)16(9)12(8,23)24/h5,19-24H,4H2,1-3H3. The third kappa shape index (κ3) is 1.93. The van der Waals surface area contributed by atoms with Crippen LogP contribution in [0.5, 0.6) is 0 Å². The first-order valence-electron chi connectivity index (χ1n) is 6.76. The first-order chi connectivity index (χ1) is 10.5. The van der Waals surface area contributed by atoms with Gasteiger partial charge in [-0.3, -0.25) is 14.5 Å². The summed E-state index contributed by atoms with van der Waals surface area (Å²) in [7, 11) is 0. The largest absolute Gasteiger partial charge is 0.358 e. The first kappa shape index (κ1) is 19.6. The molecule has 2 aliphatic heterocycles. The van der Waals surface area contributed by atoms with Gasteiger partial charge in [0.05, 0.1) is 5.41 Å². The molecule has 0 aliphatic carbocycles. The molecule has 0 radical (unpaired) electrons. The van der Waals surface area contributed by atoms with Crippen LogP contribution in [0.1, 0.15) is 20.8 Å². The first-order valence-corrected chi connectivity index (χ1v) is 7.64. The fourth-order valence-electron chi connectivity index (χ4n) is 3.11. The topological polar surface area (TPSA) is 162 Å². The normalized spacial score (nSPS) is 32.9. The van der Waals surface area contributed by atoms with Crippen LogP contribution in [0.15, 0.2) is 0 Å². The van der Waals surface area contributed by atoms with E-state index in [2.05, 4.69) is 0 Å². The molecule has 2 aliphatic rings. The Bertz CT molecular complexity index is 606. The van der Waals surface area contributed by atoms with E-state index in [-0.39, 0.29) is 4.90 Å². The average molecular weight is 389 g/mol. The molecular weight excluding hydrogens is 371 g/mol. The van der Waals surface area contributed by atoms with Crippen LogP contribution < -0.4 is 0 Å². The van der Waals surface area contributed by atoms with Crippen molar-refractivity contribution in [2.45, 2.75) is 48.8 Å². The number of nitrogens with zero attached hydrogens (tertiary/aromatic N) is 2. The number of fused-ring (bicyclic) bond motifs is 1. The van der Waals surface area contributed by atoms with Crippen LogP contribution >= 0.6 is 23.2 Å². The van der Waals surface area contributed by atoms with E-state index < -0.39 is 51.8 Å². The van der Waals surface area contributed by atoms with E-state index in [0.29, 0.717) is 4.90 Å². The van der Waals surface area contributed by atoms with Gasteiger partial charge in [-0.1, -0.05) is 37.0 Å². The molecular formula is C12H18Cl2N2O8. The van der Waals surface area contributed by atoms with Crippen molar-refractivity contribution in [3.63, 3.8) is 0 Å². The molecule has 6 N–H and O–H groups in total. The van der Waals surface area contributed by atoms with Crippen LogP contribution in [0.25, 0.3) is 0 Å². The SMILES string of the molecule is CC1(C)CN(C(=O)C(Cl)Cl)C2(C)N(C(=O)C(O)(O)C2(O)O)C1(O)O. The Kier molecular flexibility index (Phi) is 4.02. The van der Waals surface area contributed by atoms with Crippen LogP contribution in [-0.2, 0) is 9.59 Å². The number of rotatable bonds is 1. The fraction of sp³-hybridized carbons (Fsp3) is 0.833. The predicted molar refractivity (Wildman–Crippen MR) is 77.7 cm³/mol. The molecule has 0 aromatic carbocycles. The maximum absolute atomic E-state index is 12.3. The molecule has 0 aromatic heterocycles. The van der Waals surface area contributed by atoms with Gasteiger partial charge in [0.15, 0.2) is 10.5 Å². The zero-order valence-corrected chi connectivity index (χ0v) is 14.4. The number of alkyl halides is 2. The number of carbonyl (C=O) groups excluding carboxylic acids is 2. The Morgan fingerprint density at radius 1 is 1.08 bits per heavy atom. The lowest BCUT2D eigenvalue weighted by molar-refractivity contribution is -0.411. The van der Waals surface area contributed by atoms with Crippen molar-refractivity contribution >= 4 is 35.0 Å². The van der Waals surface area contributed by atoms with E-state index >= 15 is 0 Å². The molecule has 138 valence electrons. The van der Waals surface area contributed by atoms with Gasteiger partial charge in [0, 0.05) is 6.54 Å². The lowest BCUT2D eigenvalue weighted by Crippen LogP contribution is -2.82. The monoisotopic (exact) mass is 388 g/mol. The van der Waals surface area contributed by atoms with E-state index in [4.69, 9.17) is 23.2 Å². The summed E-state index contributed by atoms with van der Waals surface area (Å²) >= 11 is 11.1. The van der Waals surface area contributed by atoms with Crippen LogP contribution in [-0.4, -0.2) is 86.8 Å². The number of amides is 2. The third-order valence-corrected chi connectivity index (χ3v) is 5.21. The molecule has 2 amide bonds. The van der Waals surface area contributed by atoms with Gasteiger partial charge in [-0.05, 0) is 6.92 Å². The lowest BCUT2D eigenvalue weighted by Gasteiger charge is -2.60. The van der Waals surface area contributed by atoms with Crippen molar-refractivity contribution < 1.29 is 40.2 Å². The minimum absolute atomic E-state index is 0.0254. The summed E-state index contributed by atoms with van der Waals surface area (Å²) in [5.41, 5.74) is -4.33. The minimum atomic E-state index is -3.83. The van der Waals surface area contributed by atoms with E-state index in [1.165, 1.54) is 13.8 Å². The van der Waals surface area contributed by atoms with Gasteiger partial charge in [0.25, 0.3) is 23.5 Å². The number of carbonyl (C=O) groups is 2. The summed E-state index contributed by atoms with van der Waals surface area (Å²) in [4.78, 5) is 23.6. The van der Waals surface area contributed by atoms with Crippen LogP contribution in [0.3, 0.4) is 0 Å². The fourth-order valence-corrected chi connectivity index (χ4v) is 3.35. The zero-order valence-electron chi connectivity index (χ0n) is 12.9. The van der Waals surface area contributed by atoms with Gasteiger partial charge in [-0.15, -0.1) is 0 Å². The van der Waals surface area contributed by atoms with Crippen molar-refractivity contribution in [1.82, 2.24) is 9.80 Å². The molecule has 0 spiro atoms. The highest BCUT2D eigenvalue weighted by Gasteiger charge is 2.83. The molecule has 0 saturated carbocycles. The van der Waals surface area contributed by atoms with Crippen LogP contribution in [0.4, 0.5) is 0 Å². The van der Waals surface area contributed by atoms with E-state index in [1.807, 2.05) is 0 Å². The van der Waals surface area contributed by atoms with Crippen LogP contribution in [0, 0.1) is 5.41 Å². The van der Waals surface area contributed by atoms with Crippen LogP contribution in [0.2, 0.25) is 0 Å². The predicted octanol–water partition coefficient (Wildman–Crippen LogP) is -2.78. The number of halogens is 2. The van der Waals surface area contributed by atoms with E-state index in [9.17, 15) is 40.2 Å². The highest BCUT2D eigenvalue weighted by Crippen LogP contribution is 2.55. The zero-order chi connectivity index (χ0) is 19.1. The van der Waals surface area contributed by atoms with Gasteiger partial charge in [-0.25, -0.2) is 0 Å². The van der Waals surface area contributed by atoms with Crippen molar-refractivity contribution in [1.29, 1.82) is 0 Å². The van der Waals surface area contributed by atoms with Crippen molar-refractivity contribution in [2.24, 2.45) is 5.41 Å². The molecule has 2 fully saturated rings. The summed E-state index contributed by atoms with van der Waals surface area (Å²) < 4.78 is 0. The summed E-state index contributed by atoms with van der Waals surface area (Å²) in [5.74, 6) is -13.5. The second kappa shape index (κ2) is 4.92. The highest BCUT2D eigenvalue weighted by atomic mass is 35.5. The molecule has 2 saturated heterocycles. The van der Waals surface area contributed by atoms with E-state index in [1.54, 1.807) is 0 Å². The highest BCUT2D eigenvalue weighted by molar-refractivity contribution is 6.53. The second-order valence-electron chi connectivity index (χ2n) is 6.75. The molecule has 1 atom stereocenters. The Morgan fingerprint density at radius 2 is 1.54 bits per heavy atom. The average Bonchev–Trinajstić information content (AvgIpc) is 2.51. The summed E-state index contributed by atoms with van der Waals surface area (Å²) in [5, 5.41) is 61.1. The molecule has 10 nitrogen and oxygen atoms in total. The van der Waals surface area contributed by atoms with Gasteiger partial charge < -0.3 is 35.5 Å². The smallest absolute Gasteiger partial charge is 0.305 e. The lowest BCUT2D eigenvalue weighted by atomic mass is 9.80. The second-order valence-corrected chi connectivity index (χ2v) is 7.85. The number of hydrogen-bond acceptors (Lipinski definition) is 8. The Balaban J connectivity index is 2.81. The Morgan fingerprint density at radius 3 is 1.96 bits per heavy atom. The Labute approximate surface area is 146 Å².